The molecule has 3 N–H and O–H groups in total. The highest BCUT2D eigenvalue weighted by Crippen LogP contribution is 2.23. The molecule has 1 aromatic rings. The third-order valence-electron chi connectivity index (χ3n) is 3.59. The predicted octanol–water partition coefficient (Wildman–Crippen LogP) is 1.54. The number of aromatic nitrogens is 1. The van der Waals surface area contributed by atoms with Crippen LogP contribution in [0.2, 0.25) is 0 Å². The summed E-state index contributed by atoms with van der Waals surface area (Å²) in [7, 11) is 1.76. The second kappa shape index (κ2) is 6.02. The van der Waals surface area contributed by atoms with Crippen LogP contribution >= 0.6 is 0 Å². The second-order valence-corrected chi connectivity index (χ2v) is 5.15. The Balaban J connectivity index is 2.09. The van der Waals surface area contributed by atoms with Gasteiger partial charge in [-0.05, 0) is 37.8 Å². The van der Waals surface area contributed by atoms with Crippen molar-refractivity contribution in [3.05, 3.63) is 23.4 Å². The van der Waals surface area contributed by atoms with Crippen molar-refractivity contribution in [2.24, 2.45) is 11.7 Å². The first-order valence-corrected chi connectivity index (χ1v) is 6.67. The van der Waals surface area contributed by atoms with Crippen LogP contribution in [0.3, 0.4) is 0 Å². The Bertz CT molecular complexity index is 453. The summed E-state index contributed by atoms with van der Waals surface area (Å²) >= 11 is 0. The van der Waals surface area contributed by atoms with Crippen molar-refractivity contribution in [1.82, 2.24) is 4.98 Å². The van der Waals surface area contributed by atoms with Crippen LogP contribution in [0, 0.1) is 18.3 Å². The number of piperidine rings is 1. The maximum atomic E-state index is 7.54. The summed E-state index contributed by atoms with van der Waals surface area (Å²) in [5.74, 6) is 1.68. The molecule has 0 radical (unpaired) electrons. The van der Waals surface area contributed by atoms with Gasteiger partial charge in [0.2, 0.25) is 0 Å². The van der Waals surface area contributed by atoms with Crippen LogP contribution in [0.5, 0.6) is 0 Å². The van der Waals surface area contributed by atoms with Crippen molar-refractivity contribution in [2.75, 3.05) is 31.7 Å². The van der Waals surface area contributed by atoms with Gasteiger partial charge in [0.15, 0.2) is 0 Å². The third kappa shape index (κ3) is 3.44. The fraction of sp³-hybridized carbons (Fsp3) is 0.571. The summed E-state index contributed by atoms with van der Waals surface area (Å²) in [5, 5.41) is 7.54. The van der Waals surface area contributed by atoms with E-state index < -0.39 is 0 Å². The topological polar surface area (TPSA) is 75.2 Å². The smallest absolute Gasteiger partial charge is 0.129 e. The molecule has 1 aromatic heterocycles. The van der Waals surface area contributed by atoms with E-state index in [1.54, 1.807) is 7.11 Å². The number of nitrogens with one attached hydrogen (secondary N) is 1. The van der Waals surface area contributed by atoms with Gasteiger partial charge in [0, 0.05) is 38.1 Å². The zero-order valence-electron chi connectivity index (χ0n) is 11.6. The summed E-state index contributed by atoms with van der Waals surface area (Å²) in [6, 6.07) is 3.76. The number of ether oxygens (including phenoxy) is 1. The highest BCUT2D eigenvalue weighted by molar-refractivity contribution is 5.95. The number of nitrogens with two attached hydrogens (primary N) is 1. The lowest BCUT2D eigenvalue weighted by atomic mass is 9.98. The molecule has 0 amide bonds. The molecule has 0 spiro atoms. The van der Waals surface area contributed by atoms with Gasteiger partial charge in [-0.1, -0.05) is 0 Å². The number of methoxy groups -OCH3 is 1. The van der Waals surface area contributed by atoms with Gasteiger partial charge in [-0.15, -0.1) is 0 Å². The van der Waals surface area contributed by atoms with E-state index in [0.29, 0.717) is 5.92 Å². The number of pyridine rings is 1. The fourth-order valence-electron chi connectivity index (χ4n) is 2.53. The molecule has 1 aliphatic heterocycles. The molecule has 0 saturated carbocycles. The van der Waals surface area contributed by atoms with E-state index in [1.165, 1.54) is 0 Å². The molecule has 0 unspecified atom stereocenters. The first-order valence-electron chi connectivity index (χ1n) is 6.67. The molecule has 1 saturated heterocycles. The van der Waals surface area contributed by atoms with Crippen molar-refractivity contribution in [3.63, 3.8) is 0 Å². The summed E-state index contributed by atoms with van der Waals surface area (Å²) in [4.78, 5) is 6.82. The quantitative estimate of drug-likeness (QED) is 0.637. The minimum Gasteiger partial charge on any atom is -0.384 e. The molecular formula is C14H22N4O. The first-order chi connectivity index (χ1) is 9.10. The molecule has 0 aromatic carbocycles. The van der Waals surface area contributed by atoms with Gasteiger partial charge >= 0.3 is 0 Å². The molecule has 19 heavy (non-hydrogen) atoms. The molecule has 1 fully saturated rings. The Morgan fingerprint density at radius 3 is 2.74 bits per heavy atom. The zero-order valence-corrected chi connectivity index (χ0v) is 11.6. The number of aryl methyl sites for hydroxylation is 1. The standard InChI is InChI=1S/C14H22N4O/c1-10-7-12(14(15)16)8-13(17-10)18-5-3-11(4-6-18)9-19-2/h7-8,11H,3-6,9H2,1-2H3,(H3,15,16). The molecule has 2 heterocycles. The summed E-state index contributed by atoms with van der Waals surface area (Å²) in [6.07, 6.45) is 2.25. The SMILES string of the molecule is COCC1CCN(c2cc(C(=N)N)cc(C)n2)CC1. The number of rotatable bonds is 4. The van der Waals surface area contributed by atoms with E-state index in [-0.39, 0.29) is 5.84 Å². The van der Waals surface area contributed by atoms with Crippen LogP contribution in [-0.2, 0) is 4.74 Å². The van der Waals surface area contributed by atoms with Crippen molar-refractivity contribution in [2.45, 2.75) is 19.8 Å². The van der Waals surface area contributed by atoms with Crippen LogP contribution in [0.4, 0.5) is 5.82 Å². The molecule has 0 atom stereocenters. The second-order valence-electron chi connectivity index (χ2n) is 5.15. The minimum atomic E-state index is 0.0982. The molecular weight excluding hydrogens is 240 g/mol. The van der Waals surface area contributed by atoms with Crippen LogP contribution in [0.1, 0.15) is 24.1 Å². The van der Waals surface area contributed by atoms with E-state index in [4.69, 9.17) is 15.9 Å². The first kappa shape index (κ1) is 13.8. The molecule has 1 aliphatic rings. The Morgan fingerprint density at radius 2 is 2.16 bits per heavy atom. The Morgan fingerprint density at radius 1 is 1.47 bits per heavy atom. The minimum absolute atomic E-state index is 0.0982. The predicted molar refractivity (Wildman–Crippen MR) is 76.8 cm³/mol. The molecule has 2 rings (SSSR count). The van der Waals surface area contributed by atoms with Gasteiger partial charge in [-0.25, -0.2) is 4.98 Å². The molecule has 104 valence electrons. The van der Waals surface area contributed by atoms with E-state index in [1.807, 2.05) is 19.1 Å². The molecule has 0 bridgehead atoms. The molecule has 5 nitrogen and oxygen atoms in total. The highest BCUT2D eigenvalue weighted by atomic mass is 16.5. The molecule has 0 aliphatic carbocycles. The number of hydrogen-bond acceptors (Lipinski definition) is 4. The number of nitrogen functional groups attached to an aromatic ring is 1. The van der Waals surface area contributed by atoms with Gasteiger partial charge in [0.1, 0.15) is 11.7 Å². The van der Waals surface area contributed by atoms with Crippen LogP contribution in [-0.4, -0.2) is 37.6 Å². The van der Waals surface area contributed by atoms with Crippen LogP contribution in [0.25, 0.3) is 0 Å². The van der Waals surface area contributed by atoms with Gasteiger partial charge in [-0.2, -0.15) is 0 Å². The van der Waals surface area contributed by atoms with E-state index >= 15 is 0 Å². The average Bonchev–Trinajstić information content (AvgIpc) is 2.39. The fourth-order valence-corrected chi connectivity index (χ4v) is 2.53. The number of hydrogen-bond donors (Lipinski definition) is 2. The van der Waals surface area contributed by atoms with Crippen LogP contribution < -0.4 is 10.6 Å². The van der Waals surface area contributed by atoms with Gasteiger partial charge in [0.25, 0.3) is 0 Å². The lowest BCUT2D eigenvalue weighted by Crippen LogP contribution is -2.35. The summed E-state index contributed by atoms with van der Waals surface area (Å²) in [6.45, 7) is 4.76. The van der Waals surface area contributed by atoms with Crippen molar-refractivity contribution >= 4 is 11.7 Å². The summed E-state index contributed by atoms with van der Waals surface area (Å²) in [5.41, 5.74) is 7.22. The monoisotopic (exact) mass is 262 g/mol. The largest absolute Gasteiger partial charge is 0.384 e. The normalized spacial score (nSPS) is 16.6. The summed E-state index contributed by atoms with van der Waals surface area (Å²) < 4.78 is 5.21. The number of amidine groups is 1. The zero-order chi connectivity index (χ0) is 13.8. The van der Waals surface area contributed by atoms with Crippen LogP contribution in [0.15, 0.2) is 12.1 Å². The number of anilines is 1. The molecule has 5 heteroatoms. The van der Waals surface area contributed by atoms with Crippen molar-refractivity contribution < 1.29 is 4.74 Å². The van der Waals surface area contributed by atoms with Crippen molar-refractivity contribution in [1.29, 1.82) is 5.41 Å². The van der Waals surface area contributed by atoms with Crippen molar-refractivity contribution in [3.8, 4) is 0 Å². The van der Waals surface area contributed by atoms with Gasteiger partial charge in [-0.3, -0.25) is 5.41 Å². The average molecular weight is 262 g/mol. The van der Waals surface area contributed by atoms with Gasteiger partial charge in [0.05, 0.1) is 0 Å². The maximum absolute atomic E-state index is 7.54. The van der Waals surface area contributed by atoms with E-state index in [2.05, 4.69) is 9.88 Å². The highest BCUT2D eigenvalue weighted by Gasteiger charge is 2.20. The van der Waals surface area contributed by atoms with Gasteiger partial charge < -0.3 is 15.4 Å². The lowest BCUT2D eigenvalue weighted by Gasteiger charge is -2.32. The Labute approximate surface area is 114 Å². The lowest BCUT2D eigenvalue weighted by molar-refractivity contribution is 0.139. The van der Waals surface area contributed by atoms with E-state index in [0.717, 1.165) is 49.6 Å². The maximum Gasteiger partial charge on any atom is 0.129 e. The Kier molecular flexibility index (Phi) is 4.37. The third-order valence-corrected chi connectivity index (χ3v) is 3.59. The number of nitrogens with zero attached hydrogens (tertiary/aromatic N) is 2. The van der Waals surface area contributed by atoms with E-state index in [9.17, 15) is 0 Å². The Hall–Kier alpha value is -1.62.